The van der Waals surface area contributed by atoms with Crippen LogP contribution in [0.4, 0.5) is 0 Å². The van der Waals surface area contributed by atoms with Gasteiger partial charge in [-0.05, 0) is 82.9 Å². The zero-order valence-electron chi connectivity index (χ0n) is 19.0. The fourth-order valence-corrected chi connectivity index (χ4v) is 19.3. The highest BCUT2D eigenvalue weighted by atomic mass is 79.9. The molecule has 0 radical (unpaired) electrons. The summed E-state index contributed by atoms with van der Waals surface area (Å²) < 4.78 is 24.9. The smallest absolute Gasteiger partial charge is 0.315 e. The maximum Gasteiger partial charge on any atom is 0.315 e. The topological polar surface area (TPSA) is 71.1 Å². The van der Waals surface area contributed by atoms with Gasteiger partial charge in [-0.25, -0.2) is 0 Å². The summed E-state index contributed by atoms with van der Waals surface area (Å²) in [5.41, 5.74) is -1.87. The Balaban J connectivity index is 1.38. The predicted octanol–water partition coefficient (Wildman–Crippen LogP) is 1.60. The van der Waals surface area contributed by atoms with E-state index in [0.717, 1.165) is 0 Å². The van der Waals surface area contributed by atoms with E-state index in [2.05, 4.69) is 15.9 Å². The molecule has 174 valence electrons. The van der Waals surface area contributed by atoms with E-state index in [1.54, 1.807) is 14.2 Å². The molecule has 33 heavy (non-hydrogen) atoms. The summed E-state index contributed by atoms with van der Waals surface area (Å²) in [5.74, 6) is 5.57. The fourth-order valence-electron chi connectivity index (χ4n) is 17.4. The number of carbonyl (C=O) groups excluding carboxylic acids is 2. The Morgan fingerprint density at radius 3 is 1.73 bits per heavy atom. The number of alkyl halides is 1. The SMILES string of the molecule is COC(=O)[C@]12[C@H]3[C@@H]4[C@H]5[C@H]6[C@H]7[C@H]8[C@H]([C@H]9[C@@H]1[C@@H]1[C@@H]3[C@@H]5[C@]3(C(=O)OC)[C@H]1[C@@]9(Br)[C@H]8[C@]63OC)[C@@]2(OC)[C@H]47. The van der Waals surface area contributed by atoms with Gasteiger partial charge in [0.1, 0.15) is 10.8 Å². The van der Waals surface area contributed by atoms with Crippen molar-refractivity contribution in [2.24, 2.45) is 99.6 Å². The minimum atomic E-state index is -0.551. The van der Waals surface area contributed by atoms with E-state index in [9.17, 15) is 9.59 Å². The van der Waals surface area contributed by atoms with Crippen LogP contribution in [0.15, 0.2) is 0 Å². The van der Waals surface area contributed by atoms with Crippen LogP contribution in [-0.2, 0) is 28.5 Å². The maximum absolute atomic E-state index is 14.2. The number of rotatable bonds is 4. The van der Waals surface area contributed by atoms with Gasteiger partial charge in [-0.15, -0.1) is 0 Å². The van der Waals surface area contributed by atoms with Crippen molar-refractivity contribution in [2.75, 3.05) is 28.4 Å². The molecule has 0 aromatic heterocycles. The molecule has 0 heterocycles. The van der Waals surface area contributed by atoms with Crippen molar-refractivity contribution in [1.82, 2.24) is 0 Å². The van der Waals surface area contributed by atoms with Crippen LogP contribution in [0.2, 0.25) is 0 Å². The van der Waals surface area contributed by atoms with Gasteiger partial charge in [0.2, 0.25) is 0 Å². The summed E-state index contributed by atoms with van der Waals surface area (Å²) in [6.07, 6.45) is 0. The summed E-state index contributed by atoms with van der Waals surface area (Å²) in [6.45, 7) is 0. The average Bonchev–Trinajstić information content (AvgIpc) is 3.60. The van der Waals surface area contributed by atoms with Gasteiger partial charge in [0.05, 0.1) is 25.4 Å². The van der Waals surface area contributed by atoms with Crippen molar-refractivity contribution in [3.63, 3.8) is 0 Å². The molecule has 0 aliphatic heterocycles. The largest absolute Gasteiger partial charge is 0.468 e. The highest BCUT2D eigenvalue weighted by Gasteiger charge is 3.14. The molecular weight excluding hydrogens is 488 g/mol. The lowest BCUT2D eigenvalue weighted by Gasteiger charge is -2.49. The molecule has 0 bridgehead atoms. The minimum absolute atomic E-state index is 0.00256. The normalized spacial score (nSPS) is 81.1. The molecule has 0 spiro atoms. The van der Waals surface area contributed by atoms with E-state index in [1.165, 1.54) is 0 Å². The van der Waals surface area contributed by atoms with Crippen LogP contribution in [0, 0.1) is 99.6 Å². The molecule has 0 amide bonds. The molecule has 0 saturated heterocycles. The molecular formula is C26H27BrO6. The Kier molecular flexibility index (Phi) is 2.18. The Labute approximate surface area is 199 Å². The van der Waals surface area contributed by atoms with Gasteiger partial charge in [0.25, 0.3) is 0 Å². The van der Waals surface area contributed by atoms with Crippen LogP contribution in [0.1, 0.15) is 0 Å². The highest BCUT2D eigenvalue weighted by molar-refractivity contribution is 9.10. The van der Waals surface area contributed by atoms with Crippen molar-refractivity contribution in [3.8, 4) is 0 Å². The van der Waals surface area contributed by atoms with Gasteiger partial charge < -0.3 is 18.9 Å². The monoisotopic (exact) mass is 514 g/mol. The van der Waals surface area contributed by atoms with Crippen LogP contribution in [0.3, 0.4) is 0 Å². The zero-order chi connectivity index (χ0) is 22.1. The molecule has 0 unspecified atom stereocenters. The molecule has 12 saturated carbocycles. The molecule has 12 aliphatic carbocycles. The molecule has 20 atom stereocenters. The Morgan fingerprint density at radius 2 is 1.09 bits per heavy atom. The van der Waals surface area contributed by atoms with Gasteiger partial charge >= 0.3 is 11.9 Å². The van der Waals surface area contributed by atoms with Gasteiger partial charge in [-0.2, -0.15) is 0 Å². The van der Waals surface area contributed by atoms with Crippen LogP contribution in [0.5, 0.6) is 0 Å². The molecule has 0 N–H and O–H groups in total. The first kappa shape index (κ1) is 17.7. The van der Waals surface area contributed by atoms with Crippen molar-refractivity contribution < 1.29 is 28.5 Å². The number of carbonyl (C=O) groups is 2. The summed E-state index contributed by atoms with van der Waals surface area (Å²) in [5, 5.41) is 0. The van der Waals surface area contributed by atoms with Crippen LogP contribution in [-0.4, -0.2) is 55.9 Å². The standard InChI is InChI=1S/C26H27BrO6/c1-30-20(28)22-11-5-6-12-7(11)9-15(22)17-16-10-8(13(5)25(16,22)32-3)14(6)26(33-4)19(10)24(17,27)18(9)23(12,26)21(29)31-2/h5-19H,1-4H3/t5-,6+,7-,8-,9-,10-,11-,12+,13+,14-,15-,16+,17+,18-,19-,22-,23+,24+,25-,26+/m0/s1. The average molecular weight is 515 g/mol. The quantitative estimate of drug-likeness (QED) is 0.419. The highest BCUT2D eigenvalue weighted by Crippen LogP contribution is 3.09. The third-order valence-electron chi connectivity index (χ3n) is 15.5. The van der Waals surface area contributed by atoms with E-state index < -0.39 is 16.4 Å². The molecule has 12 fully saturated rings. The molecule has 6 nitrogen and oxygen atoms in total. The lowest BCUT2D eigenvalue weighted by molar-refractivity contribution is -0.201. The summed E-state index contributed by atoms with van der Waals surface area (Å²) in [7, 11) is 6.96. The molecule has 12 rings (SSSR count). The zero-order valence-corrected chi connectivity index (χ0v) is 20.6. The van der Waals surface area contributed by atoms with Crippen molar-refractivity contribution in [2.45, 2.75) is 15.5 Å². The predicted molar refractivity (Wildman–Crippen MR) is 112 cm³/mol. The first-order valence-corrected chi connectivity index (χ1v) is 13.7. The summed E-state index contributed by atoms with van der Waals surface area (Å²) in [4.78, 5) is 28.3. The van der Waals surface area contributed by atoms with E-state index in [-0.39, 0.29) is 39.6 Å². The second-order valence-electron chi connectivity index (χ2n) is 13.6. The van der Waals surface area contributed by atoms with E-state index in [0.29, 0.717) is 71.0 Å². The number of ether oxygens (including phenoxy) is 4. The van der Waals surface area contributed by atoms with E-state index >= 15 is 0 Å². The Bertz CT molecular complexity index is 1210. The second kappa shape index (κ2) is 4.06. The third kappa shape index (κ3) is 0.898. The minimum Gasteiger partial charge on any atom is -0.468 e. The molecule has 0 aromatic carbocycles. The van der Waals surface area contributed by atoms with Gasteiger partial charge in [-0.3, -0.25) is 9.59 Å². The molecule has 0 aromatic rings. The fraction of sp³-hybridized carbons (Fsp3) is 0.923. The Morgan fingerprint density at radius 1 is 0.576 bits per heavy atom. The summed E-state index contributed by atoms with van der Waals surface area (Å²) >= 11 is 4.48. The number of methoxy groups -OCH3 is 4. The lowest BCUT2D eigenvalue weighted by Crippen LogP contribution is -2.61. The van der Waals surface area contributed by atoms with Crippen LogP contribution >= 0.6 is 15.9 Å². The van der Waals surface area contributed by atoms with Gasteiger partial charge in [-0.1, -0.05) is 15.9 Å². The molecule has 7 heteroatoms. The lowest BCUT2D eigenvalue weighted by atomic mass is 9.59. The van der Waals surface area contributed by atoms with Crippen molar-refractivity contribution in [3.05, 3.63) is 0 Å². The van der Waals surface area contributed by atoms with Crippen molar-refractivity contribution >= 4 is 27.9 Å². The van der Waals surface area contributed by atoms with Gasteiger partial charge in [0, 0.05) is 24.5 Å². The molecule has 12 aliphatic rings. The summed E-state index contributed by atoms with van der Waals surface area (Å²) in [6, 6.07) is 0. The maximum atomic E-state index is 14.2. The number of hydrogen-bond acceptors (Lipinski definition) is 6. The first-order valence-electron chi connectivity index (χ1n) is 12.9. The second-order valence-corrected chi connectivity index (χ2v) is 15.0. The number of esters is 2. The van der Waals surface area contributed by atoms with E-state index in [1.807, 2.05) is 14.2 Å². The third-order valence-corrected chi connectivity index (χ3v) is 17.0. The van der Waals surface area contributed by atoms with Crippen LogP contribution in [0.25, 0.3) is 0 Å². The van der Waals surface area contributed by atoms with Crippen molar-refractivity contribution in [1.29, 1.82) is 0 Å². The first-order chi connectivity index (χ1) is 15.9. The van der Waals surface area contributed by atoms with Gasteiger partial charge in [0.15, 0.2) is 0 Å². The number of hydrogen-bond donors (Lipinski definition) is 0. The van der Waals surface area contributed by atoms with E-state index in [4.69, 9.17) is 18.9 Å². The Hall–Kier alpha value is -0.660. The van der Waals surface area contributed by atoms with Crippen LogP contribution < -0.4 is 0 Å². The number of halogens is 1.